The quantitative estimate of drug-likeness (QED) is 0.344. The van der Waals surface area contributed by atoms with E-state index in [0.29, 0.717) is 42.0 Å². The summed E-state index contributed by atoms with van der Waals surface area (Å²) in [5.74, 6) is -1.57. The molecule has 1 fully saturated rings. The molecule has 1 aliphatic rings. The lowest BCUT2D eigenvalue weighted by molar-refractivity contribution is -0.121. The molecule has 2 aromatic rings. The van der Waals surface area contributed by atoms with Gasteiger partial charge < -0.3 is 30.9 Å². The third-order valence-electron chi connectivity index (χ3n) is 6.67. The van der Waals surface area contributed by atoms with Crippen LogP contribution < -0.4 is 16.4 Å². The van der Waals surface area contributed by atoms with E-state index in [1.165, 1.54) is 13.4 Å². The summed E-state index contributed by atoms with van der Waals surface area (Å²) in [7, 11) is 5.31. The fourth-order valence-electron chi connectivity index (χ4n) is 4.47. The highest BCUT2D eigenvalue weighted by Gasteiger charge is 2.31. The van der Waals surface area contributed by atoms with Crippen LogP contribution >= 0.6 is 23.2 Å². The van der Waals surface area contributed by atoms with E-state index >= 15 is 0 Å². The molecular formula is C28H40Cl2N6O4. The van der Waals surface area contributed by atoms with Crippen LogP contribution in [0.25, 0.3) is 0 Å². The van der Waals surface area contributed by atoms with Crippen LogP contribution in [0.5, 0.6) is 0 Å². The van der Waals surface area contributed by atoms with Gasteiger partial charge >= 0.3 is 0 Å². The lowest BCUT2D eigenvalue weighted by atomic mass is 9.85. The molecule has 0 unspecified atom stereocenters. The molecule has 1 aromatic heterocycles. The maximum atomic E-state index is 12.9. The van der Waals surface area contributed by atoms with Crippen LogP contribution in [-0.4, -0.2) is 58.4 Å². The van der Waals surface area contributed by atoms with E-state index in [4.69, 9.17) is 28.9 Å². The summed E-state index contributed by atoms with van der Waals surface area (Å²) in [6.45, 7) is 7.30. The number of rotatable bonds is 7. The van der Waals surface area contributed by atoms with Gasteiger partial charge in [0.25, 0.3) is 11.8 Å². The van der Waals surface area contributed by atoms with Gasteiger partial charge in [0.1, 0.15) is 10.9 Å². The molecule has 0 atom stereocenters. The van der Waals surface area contributed by atoms with E-state index in [-0.39, 0.29) is 29.3 Å². The van der Waals surface area contributed by atoms with Gasteiger partial charge in [-0.15, -0.1) is 0 Å². The molecule has 1 aliphatic carbocycles. The minimum Gasteiger partial charge on any atom is -0.386 e. The first-order chi connectivity index (χ1) is 18.6. The normalized spacial score (nSPS) is 16.8. The Morgan fingerprint density at radius 3 is 2.20 bits per heavy atom. The fraction of sp³-hybridized carbons (Fsp3) is 0.500. The molecule has 0 radical (unpaired) electrons. The van der Waals surface area contributed by atoms with Crippen molar-refractivity contribution in [1.29, 1.82) is 0 Å². The number of allylic oxidation sites excluding steroid dienone is 1. The Morgan fingerprint density at radius 2 is 1.75 bits per heavy atom. The van der Waals surface area contributed by atoms with Gasteiger partial charge in [0.05, 0.1) is 22.6 Å². The summed E-state index contributed by atoms with van der Waals surface area (Å²) >= 11 is 12.0. The molecule has 0 saturated heterocycles. The van der Waals surface area contributed by atoms with Crippen molar-refractivity contribution in [2.75, 3.05) is 26.5 Å². The highest BCUT2D eigenvalue weighted by atomic mass is 35.5. The Bertz CT molecular complexity index is 1250. The number of hydrogen-bond acceptors (Lipinski definition) is 6. The largest absolute Gasteiger partial charge is 0.386 e. The number of nitrogens with one attached hydrogen (secondary N) is 2. The van der Waals surface area contributed by atoms with Crippen LogP contribution in [0.2, 0.25) is 5.02 Å². The van der Waals surface area contributed by atoms with Gasteiger partial charge in [-0.25, -0.2) is 4.98 Å². The highest BCUT2D eigenvalue weighted by Crippen LogP contribution is 2.35. The van der Waals surface area contributed by atoms with Gasteiger partial charge in [-0.1, -0.05) is 29.3 Å². The predicted molar refractivity (Wildman–Crippen MR) is 158 cm³/mol. The molecule has 40 heavy (non-hydrogen) atoms. The monoisotopic (exact) mass is 594 g/mol. The molecule has 0 spiro atoms. The number of aliphatic hydroxyl groups is 1. The SMILES string of the molecule is CC(C)=C(Cl)N(C)C.CNC(=O)c1ncn(C2CCC(C(=O)Nc3cc(C(C)(C)O)ccc3Cl)CC2)c1C(N)=O. The van der Waals surface area contributed by atoms with Gasteiger partial charge in [0, 0.05) is 33.1 Å². The second-order valence-electron chi connectivity index (χ2n) is 10.7. The van der Waals surface area contributed by atoms with Crippen molar-refractivity contribution in [3.8, 4) is 0 Å². The Hall–Kier alpha value is -3.08. The van der Waals surface area contributed by atoms with Crippen LogP contribution in [0.3, 0.4) is 0 Å². The first-order valence-corrected chi connectivity index (χ1v) is 13.8. The molecule has 1 heterocycles. The van der Waals surface area contributed by atoms with Crippen molar-refractivity contribution < 1.29 is 19.5 Å². The maximum Gasteiger partial charge on any atom is 0.272 e. The number of amides is 3. The number of nitrogens with zero attached hydrogens (tertiary/aromatic N) is 3. The van der Waals surface area contributed by atoms with Crippen LogP contribution in [0, 0.1) is 5.92 Å². The van der Waals surface area contributed by atoms with Crippen molar-refractivity contribution in [2.45, 2.75) is 65.0 Å². The second kappa shape index (κ2) is 14.0. The topological polar surface area (TPSA) is 143 Å². The Morgan fingerprint density at radius 1 is 1.15 bits per heavy atom. The van der Waals surface area contributed by atoms with Crippen molar-refractivity contribution in [1.82, 2.24) is 19.8 Å². The number of aromatic nitrogens is 2. The van der Waals surface area contributed by atoms with Gasteiger partial charge in [-0.05, 0) is 76.6 Å². The molecule has 3 amide bonds. The van der Waals surface area contributed by atoms with Gasteiger partial charge in [-0.3, -0.25) is 14.4 Å². The zero-order chi connectivity index (χ0) is 30.4. The van der Waals surface area contributed by atoms with E-state index in [9.17, 15) is 19.5 Å². The molecular weight excluding hydrogens is 555 g/mol. The van der Waals surface area contributed by atoms with Crippen LogP contribution in [0.15, 0.2) is 35.3 Å². The van der Waals surface area contributed by atoms with E-state index in [0.717, 1.165) is 10.7 Å². The molecule has 1 aromatic carbocycles. The molecule has 220 valence electrons. The smallest absolute Gasteiger partial charge is 0.272 e. The van der Waals surface area contributed by atoms with Crippen molar-refractivity contribution in [3.63, 3.8) is 0 Å². The van der Waals surface area contributed by atoms with Crippen LogP contribution in [0.1, 0.15) is 86.0 Å². The number of hydrogen-bond donors (Lipinski definition) is 4. The molecule has 3 rings (SSSR count). The average molecular weight is 596 g/mol. The minimum absolute atomic E-state index is 0.00111. The van der Waals surface area contributed by atoms with Crippen molar-refractivity contribution in [3.05, 3.63) is 57.2 Å². The number of benzene rings is 1. The number of carbonyl (C=O) groups excluding carboxylic acids is 3. The summed E-state index contributed by atoms with van der Waals surface area (Å²) < 4.78 is 1.64. The zero-order valence-electron chi connectivity index (χ0n) is 24.1. The van der Waals surface area contributed by atoms with Gasteiger partial charge in [0.2, 0.25) is 5.91 Å². The van der Waals surface area contributed by atoms with Crippen LogP contribution in [0.4, 0.5) is 5.69 Å². The predicted octanol–water partition coefficient (Wildman–Crippen LogP) is 4.63. The second-order valence-corrected chi connectivity index (χ2v) is 11.5. The molecule has 5 N–H and O–H groups in total. The van der Waals surface area contributed by atoms with E-state index in [1.807, 2.05) is 32.8 Å². The Labute approximate surface area is 245 Å². The highest BCUT2D eigenvalue weighted by molar-refractivity contribution is 6.33. The van der Waals surface area contributed by atoms with Crippen molar-refractivity contribution in [2.24, 2.45) is 11.7 Å². The van der Waals surface area contributed by atoms with Crippen LogP contribution in [-0.2, 0) is 10.4 Å². The summed E-state index contributed by atoms with van der Waals surface area (Å²) in [5, 5.41) is 16.8. The van der Waals surface area contributed by atoms with Gasteiger partial charge in [0.15, 0.2) is 5.69 Å². The molecule has 0 bridgehead atoms. The van der Waals surface area contributed by atoms with E-state index in [1.54, 1.807) is 36.6 Å². The standard InChI is InChI=1S/C22H28ClN5O4.C6H12ClN/c1-22(2,32)13-6-9-15(23)16(10-13)27-20(30)12-4-7-14(8-5-12)28-11-26-17(21(31)25-3)18(28)19(24)29;1-5(2)6(7)8(3)4/h6,9-12,14,32H,4-5,7-8H2,1-3H3,(H2,24,29)(H,25,31)(H,27,30);1-4H3. The number of halogens is 2. The number of carbonyl (C=O) groups is 3. The number of anilines is 1. The molecule has 0 aliphatic heterocycles. The fourth-order valence-corrected chi connectivity index (χ4v) is 4.63. The van der Waals surface area contributed by atoms with E-state index in [2.05, 4.69) is 15.6 Å². The number of primary amides is 1. The summed E-state index contributed by atoms with van der Waals surface area (Å²) in [6, 6.07) is 4.96. The first-order valence-electron chi connectivity index (χ1n) is 13.0. The minimum atomic E-state index is -1.06. The first kappa shape index (κ1) is 33.1. The summed E-state index contributed by atoms with van der Waals surface area (Å²) in [5.41, 5.74) is 6.78. The zero-order valence-corrected chi connectivity index (χ0v) is 25.7. The third kappa shape index (κ3) is 8.46. The van der Waals surface area contributed by atoms with E-state index < -0.39 is 17.4 Å². The summed E-state index contributed by atoms with van der Waals surface area (Å²) in [4.78, 5) is 42.8. The lowest BCUT2D eigenvalue weighted by Crippen LogP contribution is -2.30. The average Bonchev–Trinajstić information content (AvgIpc) is 3.34. The molecule has 12 heteroatoms. The van der Waals surface area contributed by atoms with Gasteiger partial charge in [-0.2, -0.15) is 0 Å². The maximum absolute atomic E-state index is 12.9. The Balaban J connectivity index is 0.000000611. The lowest BCUT2D eigenvalue weighted by Gasteiger charge is -2.29. The number of nitrogens with two attached hydrogens (primary N) is 1. The third-order valence-corrected chi connectivity index (χ3v) is 7.71. The number of imidazole rings is 1. The molecule has 10 nitrogen and oxygen atoms in total. The summed E-state index contributed by atoms with van der Waals surface area (Å²) in [6.07, 6.45) is 3.88. The molecule has 1 saturated carbocycles. The Kier molecular flexibility index (Phi) is 11.6. The van der Waals surface area contributed by atoms with Crippen molar-refractivity contribution >= 4 is 46.6 Å².